The molecule has 0 radical (unpaired) electrons. The second-order valence-corrected chi connectivity index (χ2v) is 7.66. The van der Waals surface area contributed by atoms with E-state index in [1.807, 2.05) is 12.1 Å². The molecule has 2 saturated carbocycles. The highest BCUT2D eigenvalue weighted by atomic mass is 16.3. The molecule has 3 aliphatic carbocycles. The Labute approximate surface area is 126 Å². The van der Waals surface area contributed by atoms with Gasteiger partial charge in [0.1, 0.15) is 5.75 Å². The molecule has 0 spiro atoms. The van der Waals surface area contributed by atoms with Crippen LogP contribution in [0.3, 0.4) is 0 Å². The highest BCUT2D eigenvalue weighted by molar-refractivity contribution is 5.57. The average molecular weight is 287 g/mol. The fourth-order valence-corrected chi connectivity index (χ4v) is 5.60. The molecule has 0 aromatic heterocycles. The van der Waals surface area contributed by atoms with E-state index in [2.05, 4.69) is 6.92 Å². The Hall–Kier alpha value is -1.22. The highest BCUT2D eigenvalue weighted by Gasteiger charge is 2.54. The summed E-state index contributed by atoms with van der Waals surface area (Å²) in [7, 11) is 0. The Morgan fingerprint density at radius 1 is 1.19 bits per heavy atom. The number of aliphatic hydroxyl groups excluding tert-OH is 1. The molecule has 0 saturated heterocycles. The minimum atomic E-state index is -0.116. The number of aromatic hydroxyl groups is 1. The molecule has 0 aliphatic heterocycles. The zero-order valence-corrected chi connectivity index (χ0v) is 12.7. The van der Waals surface area contributed by atoms with Gasteiger partial charge in [-0.3, -0.25) is 0 Å². The van der Waals surface area contributed by atoms with Crippen molar-refractivity contribution in [1.29, 1.82) is 0 Å². The molecular formula is C18H25NO2. The first-order valence-corrected chi connectivity index (χ1v) is 8.30. The summed E-state index contributed by atoms with van der Waals surface area (Å²) in [5.74, 6) is 2.12. The molecular weight excluding hydrogens is 262 g/mol. The summed E-state index contributed by atoms with van der Waals surface area (Å²) in [6, 6.07) is 3.88. The molecule has 0 amide bonds. The van der Waals surface area contributed by atoms with Gasteiger partial charge in [-0.1, -0.05) is 6.92 Å². The van der Waals surface area contributed by atoms with Gasteiger partial charge in [0.2, 0.25) is 0 Å². The van der Waals surface area contributed by atoms with E-state index in [1.54, 1.807) is 0 Å². The lowest BCUT2D eigenvalue weighted by molar-refractivity contribution is -0.0226. The van der Waals surface area contributed by atoms with E-state index in [-0.39, 0.29) is 17.3 Å². The minimum absolute atomic E-state index is 0.116. The molecule has 0 heterocycles. The van der Waals surface area contributed by atoms with E-state index in [0.717, 1.165) is 25.7 Å². The number of phenolic OH excluding ortho intramolecular Hbond substituents is 1. The van der Waals surface area contributed by atoms with Gasteiger partial charge in [0.25, 0.3) is 0 Å². The second-order valence-electron chi connectivity index (χ2n) is 7.66. The topological polar surface area (TPSA) is 66.5 Å². The van der Waals surface area contributed by atoms with E-state index in [4.69, 9.17) is 5.73 Å². The second kappa shape index (κ2) is 4.39. The first kappa shape index (κ1) is 13.4. The van der Waals surface area contributed by atoms with E-state index < -0.39 is 0 Å². The van der Waals surface area contributed by atoms with Crippen LogP contribution in [0, 0.1) is 17.3 Å². The van der Waals surface area contributed by atoms with Gasteiger partial charge in [-0.05, 0) is 85.0 Å². The number of hydrogen-bond donors (Lipinski definition) is 3. The number of anilines is 1. The Balaban J connectivity index is 1.73. The molecule has 1 aromatic carbocycles. The smallest absolute Gasteiger partial charge is 0.138 e. The first-order chi connectivity index (χ1) is 10.0. The highest BCUT2D eigenvalue weighted by Crippen LogP contribution is 2.61. The number of aliphatic hydroxyl groups is 1. The van der Waals surface area contributed by atoms with Crippen molar-refractivity contribution >= 4 is 5.69 Å². The molecule has 3 aliphatic rings. The zero-order chi connectivity index (χ0) is 14.8. The predicted molar refractivity (Wildman–Crippen MR) is 83.1 cm³/mol. The molecule has 0 unspecified atom stereocenters. The molecule has 0 bridgehead atoms. The van der Waals surface area contributed by atoms with Crippen LogP contribution in [-0.4, -0.2) is 16.3 Å². The van der Waals surface area contributed by atoms with Gasteiger partial charge in [0, 0.05) is 0 Å². The van der Waals surface area contributed by atoms with Crippen LogP contribution in [0.1, 0.15) is 56.1 Å². The molecule has 1 aromatic rings. The predicted octanol–water partition coefficient (Wildman–Crippen LogP) is 3.19. The number of rotatable bonds is 0. The maximum atomic E-state index is 10.4. The number of phenols is 1. The summed E-state index contributed by atoms with van der Waals surface area (Å²) < 4.78 is 0. The van der Waals surface area contributed by atoms with Crippen molar-refractivity contribution in [2.45, 2.75) is 57.5 Å². The maximum absolute atomic E-state index is 10.4. The lowest BCUT2D eigenvalue weighted by Gasteiger charge is -2.50. The van der Waals surface area contributed by atoms with Crippen LogP contribution >= 0.6 is 0 Å². The van der Waals surface area contributed by atoms with Gasteiger partial charge in [0.05, 0.1) is 11.8 Å². The Bertz CT molecular complexity index is 585. The third-order valence-corrected chi connectivity index (χ3v) is 6.82. The van der Waals surface area contributed by atoms with Gasteiger partial charge >= 0.3 is 0 Å². The number of aryl methyl sites for hydroxylation is 1. The number of benzene rings is 1. The number of hydrogen-bond acceptors (Lipinski definition) is 3. The summed E-state index contributed by atoms with van der Waals surface area (Å²) in [6.45, 7) is 2.30. The van der Waals surface area contributed by atoms with Crippen molar-refractivity contribution < 1.29 is 10.2 Å². The van der Waals surface area contributed by atoms with Crippen molar-refractivity contribution in [3.8, 4) is 5.75 Å². The molecule has 2 fully saturated rings. The number of fused-ring (bicyclic) bond motifs is 5. The fraction of sp³-hybridized carbons (Fsp3) is 0.667. The van der Waals surface area contributed by atoms with Crippen LogP contribution in [0.2, 0.25) is 0 Å². The van der Waals surface area contributed by atoms with Crippen molar-refractivity contribution in [2.24, 2.45) is 17.3 Å². The van der Waals surface area contributed by atoms with Gasteiger partial charge in [-0.25, -0.2) is 0 Å². The molecule has 5 atom stereocenters. The van der Waals surface area contributed by atoms with Crippen LogP contribution in [0.25, 0.3) is 0 Å². The third kappa shape index (κ3) is 1.76. The third-order valence-electron chi connectivity index (χ3n) is 6.82. The van der Waals surface area contributed by atoms with Crippen LogP contribution in [0.5, 0.6) is 5.75 Å². The van der Waals surface area contributed by atoms with Crippen molar-refractivity contribution in [3.63, 3.8) is 0 Å². The van der Waals surface area contributed by atoms with Gasteiger partial charge < -0.3 is 15.9 Å². The fourth-order valence-electron chi connectivity index (χ4n) is 5.60. The summed E-state index contributed by atoms with van der Waals surface area (Å²) in [4.78, 5) is 0. The zero-order valence-electron chi connectivity index (χ0n) is 12.7. The summed E-state index contributed by atoms with van der Waals surface area (Å²) in [5, 5.41) is 20.2. The Morgan fingerprint density at radius 2 is 2.00 bits per heavy atom. The standard InChI is InChI=1S/C18H25NO2/c1-18-7-6-11-12(14(18)4-5-17(18)21)3-2-10-8-16(20)15(19)9-13(10)11/h8-9,11-12,14,17,20-21H,2-7,19H2,1H3/t11-,12+,14-,17+,18-/m0/s1. The largest absolute Gasteiger partial charge is 0.506 e. The monoisotopic (exact) mass is 287 g/mol. The molecule has 3 heteroatoms. The quantitative estimate of drug-likeness (QED) is 0.507. The number of nitrogens with two attached hydrogens (primary N) is 1. The van der Waals surface area contributed by atoms with E-state index >= 15 is 0 Å². The van der Waals surface area contributed by atoms with Crippen LogP contribution in [-0.2, 0) is 6.42 Å². The Kier molecular flexibility index (Phi) is 2.81. The van der Waals surface area contributed by atoms with E-state index in [1.165, 1.54) is 24.0 Å². The maximum Gasteiger partial charge on any atom is 0.138 e. The van der Waals surface area contributed by atoms with E-state index in [9.17, 15) is 10.2 Å². The van der Waals surface area contributed by atoms with Gasteiger partial charge in [0.15, 0.2) is 0 Å². The molecule has 4 N–H and O–H groups in total. The summed E-state index contributed by atoms with van der Waals surface area (Å²) in [6.07, 6.45) is 6.50. The van der Waals surface area contributed by atoms with Gasteiger partial charge in [-0.2, -0.15) is 0 Å². The van der Waals surface area contributed by atoms with Crippen LogP contribution in [0.4, 0.5) is 5.69 Å². The van der Waals surface area contributed by atoms with Crippen molar-refractivity contribution in [2.75, 3.05) is 5.73 Å². The SMILES string of the molecule is C[C@]12CC[C@@H]3c4cc(N)c(O)cc4CC[C@H]3[C@@H]1CC[C@H]2O. The number of nitrogen functional groups attached to an aromatic ring is 1. The summed E-state index contributed by atoms with van der Waals surface area (Å²) in [5.41, 5.74) is 9.21. The lowest BCUT2D eigenvalue weighted by Crippen LogP contribution is -2.43. The van der Waals surface area contributed by atoms with E-state index in [0.29, 0.717) is 23.4 Å². The molecule has 3 nitrogen and oxygen atoms in total. The van der Waals surface area contributed by atoms with Crippen molar-refractivity contribution in [3.05, 3.63) is 23.3 Å². The molecule has 114 valence electrons. The van der Waals surface area contributed by atoms with Crippen LogP contribution in [0.15, 0.2) is 12.1 Å². The summed E-state index contributed by atoms with van der Waals surface area (Å²) >= 11 is 0. The Morgan fingerprint density at radius 3 is 2.81 bits per heavy atom. The normalized spacial score (nSPS) is 41.2. The minimum Gasteiger partial charge on any atom is -0.506 e. The van der Waals surface area contributed by atoms with Crippen LogP contribution < -0.4 is 5.73 Å². The average Bonchev–Trinajstić information content (AvgIpc) is 2.76. The lowest BCUT2D eigenvalue weighted by atomic mass is 9.55. The molecule has 4 rings (SSSR count). The van der Waals surface area contributed by atoms with Crippen molar-refractivity contribution in [1.82, 2.24) is 0 Å². The first-order valence-electron chi connectivity index (χ1n) is 8.30. The van der Waals surface area contributed by atoms with Gasteiger partial charge in [-0.15, -0.1) is 0 Å². The molecule has 21 heavy (non-hydrogen) atoms.